The molecule has 1 aliphatic heterocycles. The normalized spacial score (nSPS) is 16.4. The molecule has 0 amide bonds. The highest BCUT2D eigenvalue weighted by Crippen LogP contribution is 2.28. The van der Waals surface area contributed by atoms with Crippen molar-refractivity contribution in [3.05, 3.63) is 53.8 Å². The Morgan fingerprint density at radius 2 is 1.58 bits per heavy atom. The molecule has 26 heavy (non-hydrogen) atoms. The van der Waals surface area contributed by atoms with Crippen LogP contribution in [0.1, 0.15) is 12.5 Å². The Labute approximate surface area is 155 Å². The van der Waals surface area contributed by atoms with E-state index in [2.05, 4.69) is 28.9 Å². The van der Waals surface area contributed by atoms with Crippen LogP contribution in [0.5, 0.6) is 11.5 Å². The lowest BCUT2D eigenvalue weighted by Crippen LogP contribution is -2.50. The Balaban J connectivity index is 1.56. The number of hydrogen-bond donors (Lipinski definition) is 0. The molecule has 4 nitrogen and oxygen atoms in total. The molecule has 1 atom stereocenters. The zero-order valence-corrected chi connectivity index (χ0v) is 15.7. The van der Waals surface area contributed by atoms with Crippen LogP contribution in [0, 0.1) is 5.82 Å². The van der Waals surface area contributed by atoms with Crippen LogP contribution in [0.3, 0.4) is 0 Å². The van der Waals surface area contributed by atoms with Gasteiger partial charge in [-0.25, -0.2) is 4.39 Å². The van der Waals surface area contributed by atoms with Gasteiger partial charge in [-0.15, -0.1) is 0 Å². The number of methoxy groups -OCH3 is 2. The van der Waals surface area contributed by atoms with Gasteiger partial charge in [0, 0.05) is 37.9 Å². The average Bonchev–Trinajstić information content (AvgIpc) is 2.68. The molecule has 2 aromatic rings. The minimum atomic E-state index is -0.184. The third-order valence-corrected chi connectivity index (χ3v) is 5.11. The van der Waals surface area contributed by atoms with Gasteiger partial charge in [-0.05, 0) is 55.3 Å². The molecule has 0 radical (unpaired) electrons. The molecule has 1 saturated heterocycles. The third-order valence-electron chi connectivity index (χ3n) is 5.11. The van der Waals surface area contributed by atoms with E-state index in [0.717, 1.165) is 49.8 Å². The Morgan fingerprint density at radius 3 is 2.19 bits per heavy atom. The molecule has 0 bridgehead atoms. The van der Waals surface area contributed by atoms with E-state index in [1.54, 1.807) is 14.2 Å². The number of rotatable bonds is 6. The second-order valence-corrected chi connectivity index (χ2v) is 6.74. The van der Waals surface area contributed by atoms with Crippen molar-refractivity contribution in [1.29, 1.82) is 0 Å². The van der Waals surface area contributed by atoms with Crippen LogP contribution in [0.15, 0.2) is 42.5 Å². The highest BCUT2D eigenvalue weighted by Gasteiger charge is 2.21. The van der Waals surface area contributed by atoms with Crippen LogP contribution in [-0.4, -0.2) is 51.3 Å². The summed E-state index contributed by atoms with van der Waals surface area (Å²) in [6.07, 6.45) is 0.969. The van der Waals surface area contributed by atoms with E-state index in [-0.39, 0.29) is 5.82 Å². The molecule has 0 spiro atoms. The van der Waals surface area contributed by atoms with Crippen molar-refractivity contribution in [2.75, 3.05) is 45.3 Å². The number of hydrogen-bond acceptors (Lipinski definition) is 4. The van der Waals surface area contributed by atoms with Crippen molar-refractivity contribution in [1.82, 2.24) is 4.90 Å². The zero-order valence-electron chi connectivity index (χ0n) is 15.7. The third kappa shape index (κ3) is 4.28. The summed E-state index contributed by atoms with van der Waals surface area (Å²) < 4.78 is 23.8. The van der Waals surface area contributed by atoms with Gasteiger partial charge >= 0.3 is 0 Å². The molecule has 3 rings (SSSR count). The SMILES string of the molecule is COc1ccc(C[C@@H](C)N2CCN(c3ccc(F)cc3)CC2)cc1OC. The van der Waals surface area contributed by atoms with Crippen molar-refractivity contribution in [3.8, 4) is 11.5 Å². The van der Waals surface area contributed by atoms with E-state index in [1.165, 1.54) is 17.7 Å². The maximum absolute atomic E-state index is 13.1. The summed E-state index contributed by atoms with van der Waals surface area (Å²) in [5, 5.41) is 0. The lowest BCUT2D eigenvalue weighted by atomic mass is 10.0. The summed E-state index contributed by atoms with van der Waals surface area (Å²) in [7, 11) is 3.32. The summed E-state index contributed by atoms with van der Waals surface area (Å²) in [6.45, 7) is 6.20. The van der Waals surface area contributed by atoms with Gasteiger partial charge in [0.2, 0.25) is 0 Å². The summed E-state index contributed by atoms with van der Waals surface area (Å²) in [5.74, 6) is 1.35. The second-order valence-electron chi connectivity index (χ2n) is 6.74. The van der Waals surface area contributed by atoms with Crippen LogP contribution < -0.4 is 14.4 Å². The van der Waals surface area contributed by atoms with Crippen molar-refractivity contribution < 1.29 is 13.9 Å². The fourth-order valence-corrected chi connectivity index (χ4v) is 3.55. The van der Waals surface area contributed by atoms with Crippen LogP contribution in [-0.2, 0) is 6.42 Å². The topological polar surface area (TPSA) is 24.9 Å². The zero-order chi connectivity index (χ0) is 18.5. The minimum absolute atomic E-state index is 0.184. The molecule has 5 heteroatoms. The molecule has 0 aliphatic carbocycles. The maximum Gasteiger partial charge on any atom is 0.160 e. The van der Waals surface area contributed by atoms with Gasteiger partial charge in [0.05, 0.1) is 14.2 Å². The summed E-state index contributed by atoms with van der Waals surface area (Å²) in [6, 6.07) is 13.4. The lowest BCUT2D eigenvalue weighted by Gasteiger charge is -2.39. The number of benzene rings is 2. The minimum Gasteiger partial charge on any atom is -0.493 e. The van der Waals surface area contributed by atoms with E-state index in [0.29, 0.717) is 6.04 Å². The van der Waals surface area contributed by atoms with Gasteiger partial charge in [-0.2, -0.15) is 0 Å². The van der Waals surface area contributed by atoms with E-state index in [4.69, 9.17) is 9.47 Å². The van der Waals surface area contributed by atoms with Crippen molar-refractivity contribution in [2.45, 2.75) is 19.4 Å². The molecule has 140 valence electrons. The van der Waals surface area contributed by atoms with Crippen molar-refractivity contribution in [2.24, 2.45) is 0 Å². The molecule has 1 aliphatic rings. The molecule has 1 heterocycles. The first kappa shape index (κ1) is 18.5. The smallest absolute Gasteiger partial charge is 0.160 e. The predicted molar refractivity (Wildman–Crippen MR) is 103 cm³/mol. The molecule has 2 aromatic carbocycles. The number of piperazine rings is 1. The van der Waals surface area contributed by atoms with Gasteiger partial charge in [0.1, 0.15) is 5.82 Å². The predicted octanol–water partition coefficient (Wildman–Crippen LogP) is 3.60. The van der Waals surface area contributed by atoms with Crippen molar-refractivity contribution >= 4 is 5.69 Å². The summed E-state index contributed by atoms with van der Waals surface area (Å²) >= 11 is 0. The van der Waals surface area contributed by atoms with E-state index in [9.17, 15) is 4.39 Å². The van der Waals surface area contributed by atoms with Gasteiger partial charge in [0.25, 0.3) is 0 Å². The van der Waals surface area contributed by atoms with Gasteiger partial charge in [-0.3, -0.25) is 4.90 Å². The molecule has 0 N–H and O–H groups in total. The molecule has 1 fully saturated rings. The maximum atomic E-state index is 13.1. The average molecular weight is 358 g/mol. The molecular formula is C21H27FN2O2. The highest BCUT2D eigenvalue weighted by atomic mass is 19.1. The van der Waals surface area contributed by atoms with Gasteiger partial charge < -0.3 is 14.4 Å². The Morgan fingerprint density at radius 1 is 0.923 bits per heavy atom. The highest BCUT2D eigenvalue weighted by molar-refractivity contribution is 5.46. The molecule has 0 unspecified atom stereocenters. The monoisotopic (exact) mass is 358 g/mol. The molecular weight excluding hydrogens is 331 g/mol. The van der Waals surface area contributed by atoms with Gasteiger partial charge in [-0.1, -0.05) is 6.07 Å². The summed E-state index contributed by atoms with van der Waals surface area (Å²) in [5.41, 5.74) is 2.34. The number of anilines is 1. The molecule has 0 aromatic heterocycles. The van der Waals surface area contributed by atoms with E-state index in [1.807, 2.05) is 18.2 Å². The Hall–Kier alpha value is -2.27. The number of ether oxygens (including phenoxy) is 2. The van der Waals surface area contributed by atoms with Crippen LogP contribution in [0.4, 0.5) is 10.1 Å². The van der Waals surface area contributed by atoms with E-state index >= 15 is 0 Å². The Bertz CT molecular complexity index is 712. The first-order valence-electron chi connectivity index (χ1n) is 9.06. The lowest BCUT2D eigenvalue weighted by molar-refractivity contribution is 0.196. The van der Waals surface area contributed by atoms with Crippen LogP contribution in [0.25, 0.3) is 0 Å². The standard InChI is InChI=1S/C21H27FN2O2/c1-16(14-17-4-9-20(25-2)21(15-17)26-3)23-10-12-24(13-11-23)19-7-5-18(22)6-8-19/h4-9,15-16H,10-14H2,1-3H3/t16-/m1/s1. The number of nitrogens with zero attached hydrogens (tertiary/aromatic N) is 2. The number of halogens is 1. The first-order chi connectivity index (χ1) is 12.6. The first-order valence-corrected chi connectivity index (χ1v) is 9.06. The quantitative estimate of drug-likeness (QED) is 0.788. The van der Waals surface area contributed by atoms with E-state index < -0.39 is 0 Å². The Kier molecular flexibility index (Phi) is 5.99. The summed E-state index contributed by atoms with van der Waals surface area (Å²) in [4.78, 5) is 4.83. The molecule has 0 saturated carbocycles. The second kappa shape index (κ2) is 8.41. The fourth-order valence-electron chi connectivity index (χ4n) is 3.55. The fraction of sp³-hybridized carbons (Fsp3) is 0.429. The van der Waals surface area contributed by atoms with Crippen LogP contribution >= 0.6 is 0 Å². The largest absolute Gasteiger partial charge is 0.493 e. The van der Waals surface area contributed by atoms with Crippen molar-refractivity contribution in [3.63, 3.8) is 0 Å². The van der Waals surface area contributed by atoms with Crippen LogP contribution in [0.2, 0.25) is 0 Å². The van der Waals surface area contributed by atoms with Gasteiger partial charge in [0.15, 0.2) is 11.5 Å².